The van der Waals surface area contributed by atoms with E-state index >= 15 is 0 Å². The number of rotatable bonds is 1. The van der Waals surface area contributed by atoms with Crippen LogP contribution in [-0.2, 0) is 4.74 Å². The molecule has 0 aliphatic carbocycles. The summed E-state index contributed by atoms with van der Waals surface area (Å²) in [5.41, 5.74) is 0.956. The van der Waals surface area contributed by atoms with Gasteiger partial charge < -0.3 is 4.74 Å². The van der Waals surface area contributed by atoms with Gasteiger partial charge in [-0.3, -0.25) is 5.32 Å². The van der Waals surface area contributed by atoms with Crippen LogP contribution in [0.25, 0.3) is 0 Å². The predicted molar refractivity (Wildman–Crippen MR) is 57.4 cm³/mol. The van der Waals surface area contributed by atoms with Crippen molar-refractivity contribution in [2.45, 2.75) is 25.7 Å². The highest BCUT2D eigenvalue weighted by Crippen LogP contribution is 2.28. The van der Waals surface area contributed by atoms with Gasteiger partial charge in [-0.25, -0.2) is 0 Å². The lowest BCUT2D eigenvalue weighted by atomic mass is 10.1. The van der Waals surface area contributed by atoms with Gasteiger partial charge in [0.2, 0.25) is 0 Å². The Morgan fingerprint density at radius 1 is 1.36 bits per heavy atom. The number of benzene rings is 1. The second-order valence-corrected chi connectivity index (χ2v) is 4.49. The number of nitrogens with one attached hydrogen (secondary N) is 1. The molecule has 0 bridgehead atoms. The summed E-state index contributed by atoms with van der Waals surface area (Å²) in [5, 5.41) is 4.07. The average molecular weight is 212 g/mol. The molecule has 2 nitrogen and oxygen atoms in total. The van der Waals surface area contributed by atoms with Gasteiger partial charge >= 0.3 is 0 Å². The second kappa shape index (κ2) is 3.54. The second-order valence-electron chi connectivity index (χ2n) is 4.05. The van der Waals surface area contributed by atoms with Crippen LogP contribution in [0.3, 0.4) is 0 Å². The summed E-state index contributed by atoms with van der Waals surface area (Å²) >= 11 is 5.82. The molecule has 1 aromatic carbocycles. The SMILES string of the molecule is CC1(C)NCC(c2ccc(Cl)cc2)O1. The molecule has 2 rings (SSSR count). The van der Waals surface area contributed by atoms with Crippen LogP contribution in [0.15, 0.2) is 24.3 Å². The minimum absolute atomic E-state index is 0.141. The fourth-order valence-electron chi connectivity index (χ4n) is 1.64. The van der Waals surface area contributed by atoms with Gasteiger partial charge in [0.05, 0.1) is 6.10 Å². The Balaban J connectivity index is 2.14. The van der Waals surface area contributed by atoms with Crippen molar-refractivity contribution >= 4 is 11.6 Å². The van der Waals surface area contributed by atoms with Gasteiger partial charge in [-0.15, -0.1) is 0 Å². The van der Waals surface area contributed by atoms with Crippen molar-refractivity contribution in [2.75, 3.05) is 6.54 Å². The van der Waals surface area contributed by atoms with Crippen molar-refractivity contribution < 1.29 is 4.74 Å². The van der Waals surface area contributed by atoms with E-state index in [1.54, 1.807) is 0 Å². The predicted octanol–water partition coefficient (Wildman–Crippen LogP) is 2.74. The lowest BCUT2D eigenvalue weighted by molar-refractivity contribution is -0.0240. The highest BCUT2D eigenvalue weighted by molar-refractivity contribution is 6.30. The van der Waals surface area contributed by atoms with Crippen LogP contribution in [0.5, 0.6) is 0 Å². The third-order valence-corrected chi connectivity index (χ3v) is 2.64. The van der Waals surface area contributed by atoms with Crippen molar-refractivity contribution in [3.8, 4) is 0 Å². The highest BCUT2D eigenvalue weighted by atomic mass is 35.5. The molecular weight excluding hydrogens is 198 g/mol. The summed E-state index contributed by atoms with van der Waals surface area (Å²) in [6.45, 7) is 4.92. The van der Waals surface area contributed by atoms with Gasteiger partial charge in [-0.2, -0.15) is 0 Å². The van der Waals surface area contributed by atoms with E-state index in [1.807, 2.05) is 38.1 Å². The molecule has 3 heteroatoms. The fraction of sp³-hybridized carbons (Fsp3) is 0.455. The standard InChI is InChI=1S/C11H14ClNO/c1-11(2)13-7-10(14-11)8-3-5-9(12)6-4-8/h3-6,10,13H,7H2,1-2H3. The van der Waals surface area contributed by atoms with Crippen LogP contribution in [0.2, 0.25) is 5.02 Å². The molecule has 1 atom stereocenters. The van der Waals surface area contributed by atoms with Crippen molar-refractivity contribution in [3.05, 3.63) is 34.9 Å². The van der Waals surface area contributed by atoms with Crippen molar-refractivity contribution in [2.24, 2.45) is 0 Å². The van der Waals surface area contributed by atoms with E-state index in [0.29, 0.717) is 0 Å². The Hall–Kier alpha value is -0.570. The first-order valence-corrected chi connectivity index (χ1v) is 5.13. The van der Waals surface area contributed by atoms with Crippen molar-refractivity contribution in [1.29, 1.82) is 0 Å². The molecular formula is C11H14ClNO. The zero-order valence-corrected chi connectivity index (χ0v) is 9.14. The molecule has 0 radical (unpaired) electrons. The average Bonchev–Trinajstić information content (AvgIpc) is 2.47. The zero-order valence-electron chi connectivity index (χ0n) is 8.38. The molecule has 0 aromatic heterocycles. The molecule has 0 saturated carbocycles. The topological polar surface area (TPSA) is 21.3 Å². The quantitative estimate of drug-likeness (QED) is 0.772. The third-order valence-electron chi connectivity index (χ3n) is 2.39. The summed E-state index contributed by atoms with van der Waals surface area (Å²) in [7, 11) is 0. The minimum atomic E-state index is -0.218. The summed E-state index contributed by atoms with van der Waals surface area (Å²) in [4.78, 5) is 0. The smallest absolute Gasteiger partial charge is 0.114 e. The third kappa shape index (κ3) is 2.08. The Morgan fingerprint density at radius 2 is 2.00 bits per heavy atom. The first-order chi connectivity index (χ1) is 6.57. The largest absolute Gasteiger partial charge is 0.352 e. The summed E-state index contributed by atoms with van der Waals surface area (Å²) in [5.74, 6) is 0. The van der Waals surface area contributed by atoms with Crippen molar-refractivity contribution in [3.63, 3.8) is 0 Å². The van der Waals surface area contributed by atoms with Crippen LogP contribution in [0.4, 0.5) is 0 Å². The molecule has 1 aromatic rings. The van der Waals surface area contributed by atoms with E-state index in [4.69, 9.17) is 16.3 Å². The minimum Gasteiger partial charge on any atom is -0.352 e. The van der Waals surface area contributed by atoms with Crippen LogP contribution >= 0.6 is 11.6 Å². The number of hydrogen-bond donors (Lipinski definition) is 1. The number of ether oxygens (including phenoxy) is 1. The maximum atomic E-state index is 5.82. The Morgan fingerprint density at radius 3 is 2.50 bits per heavy atom. The number of halogens is 1. The van der Waals surface area contributed by atoms with E-state index in [9.17, 15) is 0 Å². The van der Waals surface area contributed by atoms with Gasteiger partial charge in [-0.1, -0.05) is 23.7 Å². The molecule has 76 valence electrons. The summed E-state index contributed by atoms with van der Waals surface area (Å²) in [6.07, 6.45) is 0.141. The molecule has 0 amide bonds. The van der Waals surface area contributed by atoms with Gasteiger partial charge in [0.25, 0.3) is 0 Å². The maximum Gasteiger partial charge on any atom is 0.114 e. The van der Waals surface area contributed by atoms with Crippen LogP contribution in [0, 0.1) is 0 Å². The fourth-order valence-corrected chi connectivity index (χ4v) is 1.77. The molecule has 1 aliphatic rings. The lowest BCUT2D eigenvalue weighted by Crippen LogP contribution is -2.33. The van der Waals surface area contributed by atoms with Gasteiger partial charge in [0.15, 0.2) is 0 Å². The lowest BCUT2D eigenvalue weighted by Gasteiger charge is -2.18. The van der Waals surface area contributed by atoms with E-state index in [1.165, 1.54) is 5.56 Å². The summed E-state index contributed by atoms with van der Waals surface area (Å²) < 4.78 is 5.82. The Kier molecular flexibility index (Phi) is 2.52. The Labute approximate surface area is 89.2 Å². The Bertz CT molecular complexity index is 321. The van der Waals surface area contributed by atoms with E-state index in [0.717, 1.165) is 11.6 Å². The summed E-state index contributed by atoms with van der Waals surface area (Å²) in [6, 6.07) is 7.81. The van der Waals surface area contributed by atoms with Gasteiger partial charge in [0, 0.05) is 11.6 Å². The van der Waals surface area contributed by atoms with E-state index in [-0.39, 0.29) is 11.8 Å². The molecule has 1 saturated heterocycles. The molecule has 1 unspecified atom stereocenters. The first kappa shape index (κ1) is 9.97. The molecule has 1 N–H and O–H groups in total. The van der Waals surface area contributed by atoms with Crippen LogP contribution in [-0.4, -0.2) is 12.3 Å². The van der Waals surface area contributed by atoms with E-state index < -0.39 is 0 Å². The van der Waals surface area contributed by atoms with Crippen molar-refractivity contribution in [1.82, 2.24) is 5.32 Å². The molecule has 1 heterocycles. The van der Waals surface area contributed by atoms with E-state index in [2.05, 4.69) is 5.32 Å². The monoisotopic (exact) mass is 211 g/mol. The number of hydrogen-bond acceptors (Lipinski definition) is 2. The molecule has 1 aliphatic heterocycles. The zero-order chi connectivity index (χ0) is 10.2. The van der Waals surface area contributed by atoms with Gasteiger partial charge in [0.1, 0.15) is 5.72 Å². The maximum absolute atomic E-state index is 5.82. The normalized spacial score (nSPS) is 25.2. The first-order valence-electron chi connectivity index (χ1n) is 4.75. The molecule has 14 heavy (non-hydrogen) atoms. The van der Waals surface area contributed by atoms with Crippen LogP contribution in [0.1, 0.15) is 25.5 Å². The van der Waals surface area contributed by atoms with Gasteiger partial charge in [-0.05, 0) is 31.5 Å². The molecule has 0 spiro atoms. The van der Waals surface area contributed by atoms with Crippen LogP contribution < -0.4 is 5.32 Å². The molecule has 1 fully saturated rings. The highest BCUT2D eigenvalue weighted by Gasteiger charge is 2.31.